The molecule has 0 aliphatic heterocycles. The highest BCUT2D eigenvalue weighted by Crippen LogP contribution is 2.30. The number of nitrogens with zero attached hydrogens (tertiary/aromatic N) is 1. The molecule has 1 atom stereocenters. The molecular weight excluding hydrogens is 234 g/mol. The molecule has 1 aromatic rings. The summed E-state index contributed by atoms with van der Waals surface area (Å²) in [5.41, 5.74) is 0.641. The van der Waals surface area contributed by atoms with Crippen LogP contribution in [0.4, 0.5) is 0 Å². The largest absolute Gasteiger partial charge is 0.468 e. The molecule has 0 radical (unpaired) electrons. The number of methoxy groups -OCH3 is 1. The van der Waals surface area contributed by atoms with E-state index in [9.17, 15) is 4.79 Å². The molecule has 0 spiro atoms. The monoisotopic (exact) mass is 243 g/mol. The predicted molar refractivity (Wildman–Crippen MR) is 52.5 cm³/mol. The fourth-order valence-electron chi connectivity index (χ4n) is 0.937. The van der Waals surface area contributed by atoms with E-state index >= 15 is 0 Å². The third kappa shape index (κ3) is 2.06. The summed E-state index contributed by atoms with van der Waals surface area (Å²) in [6.45, 7) is 1.71. The van der Waals surface area contributed by atoms with Crippen LogP contribution in [-0.2, 0) is 13.9 Å². The van der Waals surface area contributed by atoms with Crippen LogP contribution in [-0.4, -0.2) is 18.1 Å². The summed E-state index contributed by atoms with van der Waals surface area (Å²) in [5.74, 6) is -0.355. The number of pyridine rings is 1. The minimum absolute atomic E-state index is 0.355. The Labute approximate surface area is 85.3 Å². The maximum Gasteiger partial charge on any atom is 0.328 e. The Morgan fingerprint density at radius 1 is 1.62 bits per heavy atom. The van der Waals surface area contributed by atoms with E-state index in [1.165, 1.54) is 7.11 Å². The van der Waals surface area contributed by atoms with Crippen molar-refractivity contribution in [2.45, 2.75) is 11.2 Å². The summed E-state index contributed by atoms with van der Waals surface area (Å²) in [7, 11) is 1.35. The molecule has 70 valence electrons. The van der Waals surface area contributed by atoms with Crippen LogP contribution in [0.5, 0.6) is 0 Å². The van der Waals surface area contributed by atoms with Crippen molar-refractivity contribution in [1.29, 1.82) is 0 Å². The third-order valence-corrected chi connectivity index (χ3v) is 2.44. The Morgan fingerprint density at radius 2 is 2.31 bits per heavy atom. The van der Waals surface area contributed by atoms with Crippen LogP contribution >= 0.6 is 15.9 Å². The van der Waals surface area contributed by atoms with E-state index in [2.05, 4.69) is 25.7 Å². The molecule has 0 amide bonds. The first-order valence-corrected chi connectivity index (χ1v) is 4.57. The highest BCUT2D eigenvalue weighted by atomic mass is 79.9. The van der Waals surface area contributed by atoms with Gasteiger partial charge in [-0.2, -0.15) is 0 Å². The van der Waals surface area contributed by atoms with Crippen molar-refractivity contribution in [1.82, 2.24) is 4.98 Å². The number of hydrogen-bond donors (Lipinski definition) is 0. The SMILES string of the molecule is COC(=O)[C@@](C)(Br)c1ccccn1. The Bertz CT molecular complexity index is 298. The van der Waals surface area contributed by atoms with Gasteiger partial charge in [-0.1, -0.05) is 22.0 Å². The van der Waals surface area contributed by atoms with Gasteiger partial charge in [-0.3, -0.25) is 9.78 Å². The number of ether oxygens (including phenoxy) is 1. The maximum absolute atomic E-state index is 11.3. The smallest absolute Gasteiger partial charge is 0.328 e. The van der Waals surface area contributed by atoms with Crippen LogP contribution in [0.3, 0.4) is 0 Å². The van der Waals surface area contributed by atoms with Crippen molar-refractivity contribution in [3.63, 3.8) is 0 Å². The predicted octanol–water partition coefficient (Wildman–Crippen LogP) is 1.86. The molecule has 0 aliphatic rings. The van der Waals surface area contributed by atoms with E-state index < -0.39 is 4.32 Å². The van der Waals surface area contributed by atoms with Gasteiger partial charge < -0.3 is 4.74 Å². The fourth-order valence-corrected chi connectivity index (χ4v) is 1.33. The first-order valence-electron chi connectivity index (χ1n) is 3.78. The van der Waals surface area contributed by atoms with E-state index in [4.69, 9.17) is 0 Å². The van der Waals surface area contributed by atoms with Crippen molar-refractivity contribution < 1.29 is 9.53 Å². The summed E-state index contributed by atoms with van der Waals surface area (Å²) < 4.78 is 3.79. The van der Waals surface area contributed by atoms with Gasteiger partial charge in [-0.15, -0.1) is 0 Å². The second-order valence-corrected chi connectivity index (χ2v) is 4.30. The molecule has 0 aromatic carbocycles. The van der Waals surface area contributed by atoms with Crippen molar-refractivity contribution in [2.24, 2.45) is 0 Å². The Kier molecular flexibility index (Phi) is 3.03. The molecule has 0 N–H and O–H groups in total. The number of rotatable bonds is 2. The van der Waals surface area contributed by atoms with Crippen LogP contribution in [0.2, 0.25) is 0 Å². The van der Waals surface area contributed by atoms with E-state index in [0.717, 1.165) is 0 Å². The molecule has 0 bridgehead atoms. The standard InChI is InChI=1S/C9H10BrNO2/c1-9(10,8(12)13-2)7-5-3-4-6-11-7/h3-6H,1-2H3/t9-/m0/s1. The molecule has 1 heterocycles. The van der Waals surface area contributed by atoms with Crippen molar-refractivity contribution in [3.8, 4) is 0 Å². The molecular formula is C9H10BrNO2. The van der Waals surface area contributed by atoms with E-state index in [-0.39, 0.29) is 5.97 Å². The zero-order valence-corrected chi connectivity index (χ0v) is 9.04. The normalized spacial score (nSPS) is 14.7. The second kappa shape index (κ2) is 3.87. The lowest BCUT2D eigenvalue weighted by atomic mass is 10.1. The zero-order valence-electron chi connectivity index (χ0n) is 7.45. The fraction of sp³-hybridized carbons (Fsp3) is 0.333. The number of carbonyl (C=O) groups is 1. The van der Waals surface area contributed by atoms with Crippen LogP contribution in [0.1, 0.15) is 12.6 Å². The highest BCUT2D eigenvalue weighted by molar-refractivity contribution is 9.10. The van der Waals surface area contributed by atoms with E-state index in [1.807, 2.05) is 6.07 Å². The van der Waals surface area contributed by atoms with E-state index in [1.54, 1.807) is 25.3 Å². The van der Waals surface area contributed by atoms with Gasteiger partial charge in [-0.25, -0.2) is 0 Å². The van der Waals surface area contributed by atoms with Gasteiger partial charge in [0.05, 0.1) is 12.8 Å². The molecule has 0 aliphatic carbocycles. The number of alkyl halides is 1. The van der Waals surface area contributed by atoms with E-state index in [0.29, 0.717) is 5.69 Å². The third-order valence-electron chi connectivity index (χ3n) is 1.71. The molecule has 13 heavy (non-hydrogen) atoms. The van der Waals surface area contributed by atoms with Gasteiger partial charge >= 0.3 is 5.97 Å². The summed E-state index contributed by atoms with van der Waals surface area (Å²) in [4.78, 5) is 15.4. The van der Waals surface area contributed by atoms with Gasteiger partial charge in [-0.05, 0) is 19.1 Å². The average Bonchev–Trinajstić information content (AvgIpc) is 2.18. The first-order chi connectivity index (χ1) is 6.09. The zero-order chi connectivity index (χ0) is 9.90. The number of aromatic nitrogens is 1. The average molecular weight is 244 g/mol. The van der Waals surface area contributed by atoms with Crippen molar-refractivity contribution in [3.05, 3.63) is 30.1 Å². The first kappa shape index (κ1) is 10.2. The molecule has 0 unspecified atom stereocenters. The van der Waals surface area contributed by atoms with Crippen LogP contribution < -0.4 is 0 Å². The topological polar surface area (TPSA) is 39.2 Å². The number of hydrogen-bond acceptors (Lipinski definition) is 3. The number of carbonyl (C=O) groups excluding carboxylic acids is 1. The molecule has 1 aromatic heterocycles. The van der Waals surface area contributed by atoms with Gasteiger partial charge in [0.1, 0.15) is 0 Å². The highest BCUT2D eigenvalue weighted by Gasteiger charge is 2.34. The maximum atomic E-state index is 11.3. The quantitative estimate of drug-likeness (QED) is 0.588. The molecule has 0 saturated heterocycles. The van der Waals surface area contributed by atoms with Crippen LogP contribution in [0, 0.1) is 0 Å². The van der Waals surface area contributed by atoms with Crippen LogP contribution in [0.25, 0.3) is 0 Å². The number of halogens is 1. The van der Waals surface area contributed by atoms with Gasteiger partial charge in [0.15, 0.2) is 4.32 Å². The van der Waals surface area contributed by atoms with Crippen molar-refractivity contribution >= 4 is 21.9 Å². The molecule has 0 fully saturated rings. The molecule has 4 heteroatoms. The summed E-state index contributed by atoms with van der Waals surface area (Å²) in [6, 6.07) is 5.39. The minimum atomic E-state index is -0.858. The lowest BCUT2D eigenvalue weighted by Gasteiger charge is -2.18. The molecule has 1 rings (SSSR count). The second-order valence-electron chi connectivity index (χ2n) is 2.71. The molecule has 3 nitrogen and oxygen atoms in total. The Hall–Kier alpha value is -0.900. The summed E-state index contributed by atoms with van der Waals surface area (Å²) >= 11 is 3.28. The minimum Gasteiger partial charge on any atom is -0.468 e. The Balaban J connectivity index is 3.00. The number of esters is 1. The van der Waals surface area contributed by atoms with Gasteiger partial charge in [0, 0.05) is 6.20 Å². The van der Waals surface area contributed by atoms with Gasteiger partial charge in [0.2, 0.25) is 0 Å². The van der Waals surface area contributed by atoms with Gasteiger partial charge in [0.25, 0.3) is 0 Å². The molecule has 0 saturated carbocycles. The van der Waals surface area contributed by atoms with Crippen LogP contribution in [0.15, 0.2) is 24.4 Å². The Morgan fingerprint density at radius 3 is 2.77 bits per heavy atom. The lowest BCUT2D eigenvalue weighted by Crippen LogP contribution is -2.27. The summed E-state index contributed by atoms with van der Waals surface area (Å²) in [6.07, 6.45) is 1.64. The lowest BCUT2D eigenvalue weighted by molar-refractivity contribution is -0.143. The van der Waals surface area contributed by atoms with Crippen molar-refractivity contribution in [2.75, 3.05) is 7.11 Å². The summed E-state index contributed by atoms with van der Waals surface area (Å²) in [5, 5.41) is 0.